The van der Waals surface area contributed by atoms with Gasteiger partial charge in [-0.3, -0.25) is 9.69 Å². The molecule has 1 unspecified atom stereocenters. The van der Waals surface area contributed by atoms with E-state index in [1.807, 2.05) is 6.07 Å². The molecule has 1 aliphatic carbocycles. The average molecular weight is 370 g/mol. The summed E-state index contributed by atoms with van der Waals surface area (Å²) in [4.78, 5) is 15.1. The summed E-state index contributed by atoms with van der Waals surface area (Å²) in [5, 5.41) is 3.14. The summed E-state index contributed by atoms with van der Waals surface area (Å²) in [5.74, 6) is -0.583. The molecule has 1 amide bonds. The Labute approximate surface area is 158 Å². The Morgan fingerprint density at radius 3 is 2.48 bits per heavy atom. The van der Waals surface area contributed by atoms with Gasteiger partial charge in [-0.1, -0.05) is 36.4 Å². The SMILES string of the molecule is O=C(NC1CCCN(Cc2ccccc2F)C1)C1(c2ccccc2F)CC1. The van der Waals surface area contributed by atoms with Gasteiger partial charge in [0, 0.05) is 30.3 Å². The molecule has 1 atom stereocenters. The number of halogens is 2. The fourth-order valence-electron chi connectivity index (χ4n) is 4.10. The maximum absolute atomic E-state index is 14.2. The maximum Gasteiger partial charge on any atom is 0.231 e. The second-order valence-corrected chi connectivity index (χ2v) is 7.70. The van der Waals surface area contributed by atoms with Crippen LogP contribution in [0.1, 0.15) is 36.8 Å². The van der Waals surface area contributed by atoms with Crippen LogP contribution in [0.3, 0.4) is 0 Å². The largest absolute Gasteiger partial charge is 0.351 e. The summed E-state index contributed by atoms with van der Waals surface area (Å²) in [5.41, 5.74) is 0.468. The number of nitrogens with one attached hydrogen (secondary N) is 1. The van der Waals surface area contributed by atoms with Crippen LogP contribution in [0.15, 0.2) is 48.5 Å². The Balaban J connectivity index is 1.40. The number of carbonyl (C=O) groups is 1. The van der Waals surface area contributed by atoms with Gasteiger partial charge in [0.15, 0.2) is 0 Å². The standard InChI is InChI=1S/C22H24F2N2O/c23-19-9-3-1-6-16(19)14-26-13-5-7-17(15-26)25-21(27)22(11-12-22)18-8-2-4-10-20(18)24/h1-4,6,8-10,17H,5,7,11-15H2,(H,25,27). The summed E-state index contributed by atoms with van der Waals surface area (Å²) >= 11 is 0. The minimum atomic E-state index is -0.709. The molecule has 4 rings (SSSR count). The van der Waals surface area contributed by atoms with Crippen molar-refractivity contribution in [2.45, 2.75) is 43.7 Å². The predicted octanol–water partition coefficient (Wildman–Crippen LogP) is 3.78. The number of rotatable bonds is 5. The number of benzene rings is 2. The smallest absolute Gasteiger partial charge is 0.231 e. The van der Waals surface area contributed by atoms with Crippen molar-refractivity contribution in [1.29, 1.82) is 0 Å². The van der Waals surface area contributed by atoms with Gasteiger partial charge in [0.2, 0.25) is 5.91 Å². The summed E-state index contributed by atoms with van der Waals surface area (Å²) in [6, 6.07) is 13.4. The molecule has 2 aliphatic rings. The van der Waals surface area contributed by atoms with E-state index in [0.717, 1.165) is 19.4 Å². The second kappa shape index (κ2) is 7.39. The lowest BCUT2D eigenvalue weighted by Crippen LogP contribution is -2.50. The molecule has 1 aliphatic heterocycles. The van der Waals surface area contributed by atoms with Gasteiger partial charge < -0.3 is 5.32 Å². The number of likely N-dealkylation sites (tertiary alicyclic amines) is 1. The topological polar surface area (TPSA) is 32.3 Å². The summed E-state index contributed by atoms with van der Waals surface area (Å²) in [7, 11) is 0. The van der Waals surface area contributed by atoms with Gasteiger partial charge in [0.25, 0.3) is 0 Å². The molecule has 3 nitrogen and oxygen atoms in total. The van der Waals surface area contributed by atoms with Crippen molar-refractivity contribution in [3.05, 3.63) is 71.3 Å². The Morgan fingerprint density at radius 2 is 1.78 bits per heavy atom. The van der Waals surface area contributed by atoms with Crippen LogP contribution in [0.4, 0.5) is 8.78 Å². The Kier molecular flexibility index (Phi) is 4.96. The Morgan fingerprint density at radius 1 is 1.07 bits per heavy atom. The van der Waals surface area contributed by atoms with Crippen LogP contribution in [0, 0.1) is 11.6 Å². The molecular formula is C22H24F2N2O. The highest BCUT2D eigenvalue weighted by atomic mass is 19.1. The highest BCUT2D eigenvalue weighted by molar-refractivity contribution is 5.91. The van der Waals surface area contributed by atoms with Crippen LogP contribution >= 0.6 is 0 Å². The number of amides is 1. The third-order valence-corrected chi connectivity index (χ3v) is 5.77. The summed E-state index contributed by atoms with van der Waals surface area (Å²) in [6.45, 7) is 2.12. The van der Waals surface area contributed by atoms with Gasteiger partial charge in [-0.25, -0.2) is 8.78 Å². The molecule has 2 fully saturated rings. The van der Waals surface area contributed by atoms with Crippen LogP contribution in [0.25, 0.3) is 0 Å². The molecule has 2 aromatic rings. The van der Waals surface area contributed by atoms with Crippen LogP contribution in [-0.4, -0.2) is 29.9 Å². The van der Waals surface area contributed by atoms with Crippen LogP contribution in [0.2, 0.25) is 0 Å². The van der Waals surface area contributed by atoms with Gasteiger partial charge in [-0.05, 0) is 44.4 Å². The minimum absolute atomic E-state index is 0.0160. The lowest BCUT2D eigenvalue weighted by molar-refractivity contribution is -0.124. The van der Waals surface area contributed by atoms with Crippen molar-refractivity contribution in [2.75, 3.05) is 13.1 Å². The molecule has 1 saturated heterocycles. The minimum Gasteiger partial charge on any atom is -0.351 e. The molecule has 0 bridgehead atoms. The lowest BCUT2D eigenvalue weighted by Gasteiger charge is -2.34. The maximum atomic E-state index is 14.2. The van der Waals surface area contributed by atoms with E-state index in [9.17, 15) is 13.6 Å². The third-order valence-electron chi connectivity index (χ3n) is 5.77. The molecule has 1 N–H and O–H groups in total. The normalized spacial score (nSPS) is 21.6. The highest BCUT2D eigenvalue weighted by Crippen LogP contribution is 2.49. The van der Waals surface area contributed by atoms with Crippen LogP contribution in [-0.2, 0) is 16.8 Å². The van der Waals surface area contributed by atoms with Gasteiger partial charge in [0.05, 0.1) is 5.41 Å². The van der Waals surface area contributed by atoms with E-state index in [2.05, 4.69) is 10.2 Å². The molecular weight excluding hydrogens is 346 g/mol. The molecule has 0 spiro atoms. The lowest BCUT2D eigenvalue weighted by atomic mass is 9.93. The first-order valence-corrected chi connectivity index (χ1v) is 9.60. The zero-order chi connectivity index (χ0) is 18.9. The van der Waals surface area contributed by atoms with Gasteiger partial charge in [0.1, 0.15) is 11.6 Å². The molecule has 1 saturated carbocycles. The zero-order valence-corrected chi connectivity index (χ0v) is 15.3. The van der Waals surface area contributed by atoms with Crippen molar-refractivity contribution in [3.63, 3.8) is 0 Å². The highest BCUT2D eigenvalue weighted by Gasteiger charge is 2.53. The van der Waals surface area contributed by atoms with Crippen LogP contribution in [0.5, 0.6) is 0 Å². The average Bonchev–Trinajstić information content (AvgIpc) is 3.46. The van der Waals surface area contributed by atoms with Gasteiger partial charge in [-0.2, -0.15) is 0 Å². The molecule has 1 heterocycles. The number of carbonyl (C=O) groups excluding carboxylic acids is 1. The first-order chi connectivity index (χ1) is 13.1. The van der Waals surface area contributed by atoms with E-state index in [1.165, 1.54) is 12.1 Å². The summed E-state index contributed by atoms with van der Waals surface area (Å²) in [6.07, 6.45) is 3.22. The number of hydrogen-bond donors (Lipinski definition) is 1. The number of piperidine rings is 1. The third kappa shape index (κ3) is 3.74. The van der Waals surface area contributed by atoms with E-state index in [-0.39, 0.29) is 23.6 Å². The first kappa shape index (κ1) is 18.1. The van der Waals surface area contributed by atoms with E-state index in [1.54, 1.807) is 30.3 Å². The van der Waals surface area contributed by atoms with Crippen molar-refractivity contribution >= 4 is 5.91 Å². The second-order valence-electron chi connectivity index (χ2n) is 7.70. The van der Waals surface area contributed by atoms with E-state index in [4.69, 9.17) is 0 Å². The summed E-state index contributed by atoms with van der Waals surface area (Å²) < 4.78 is 28.1. The van der Waals surface area contributed by atoms with Crippen LogP contribution < -0.4 is 5.32 Å². The van der Waals surface area contributed by atoms with Crippen molar-refractivity contribution in [2.24, 2.45) is 0 Å². The fourth-order valence-corrected chi connectivity index (χ4v) is 4.10. The first-order valence-electron chi connectivity index (χ1n) is 9.60. The van der Waals surface area contributed by atoms with E-state index >= 15 is 0 Å². The quantitative estimate of drug-likeness (QED) is 0.869. The molecule has 2 aromatic carbocycles. The molecule has 5 heteroatoms. The molecule has 0 aromatic heterocycles. The predicted molar refractivity (Wildman–Crippen MR) is 100 cm³/mol. The van der Waals surface area contributed by atoms with Crippen molar-refractivity contribution < 1.29 is 13.6 Å². The molecule has 142 valence electrons. The number of hydrogen-bond acceptors (Lipinski definition) is 2. The van der Waals surface area contributed by atoms with Crippen molar-refractivity contribution in [3.8, 4) is 0 Å². The Hall–Kier alpha value is -2.27. The molecule has 0 radical (unpaired) electrons. The van der Waals surface area contributed by atoms with Gasteiger partial charge >= 0.3 is 0 Å². The Bertz CT molecular complexity index is 835. The van der Waals surface area contributed by atoms with E-state index in [0.29, 0.717) is 37.1 Å². The van der Waals surface area contributed by atoms with Gasteiger partial charge in [-0.15, -0.1) is 0 Å². The number of nitrogens with zero attached hydrogens (tertiary/aromatic N) is 1. The van der Waals surface area contributed by atoms with Crippen molar-refractivity contribution in [1.82, 2.24) is 10.2 Å². The fraction of sp³-hybridized carbons (Fsp3) is 0.409. The zero-order valence-electron chi connectivity index (χ0n) is 15.3. The van der Waals surface area contributed by atoms with E-state index < -0.39 is 5.41 Å². The molecule has 27 heavy (non-hydrogen) atoms. The monoisotopic (exact) mass is 370 g/mol.